The van der Waals surface area contributed by atoms with Gasteiger partial charge in [0, 0.05) is 6.07 Å². The highest BCUT2D eigenvalue weighted by Gasteiger charge is 2.17. The number of hydrogen-bond acceptors (Lipinski definition) is 7. The standard InChI is InChI=1S/C25H22N4O5S/c1-3-16-8-10-17(11-9-16)28-24(31)19-6-4-5-7-20(19)27-25(28)35-15-23(30)26-21-13-12-18(29(32)33)14-22(21)34-2/h4-14H,3,15H2,1-2H3,(H,26,30). The highest BCUT2D eigenvalue weighted by Crippen LogP contribution is 2.29. The van der Waals surface area contributed by atoms with Crippen LogP contribution in [0.25, 0.3) is 16.6 Å². The summed E-state index contributed by atoms with van der Waals surface area (Å²) >= 11 is 1.12. The number of rotatable bonds is 8. The number of anilines is 1. The summed E-state index contributed by atoms with van der Waals surface area (Å²) in [6.07, 6.45) is 0.874. The molecule has 0 saturated heterocycles. The topological polar surface area (TPSA) is 116 Å². The van der Waals surface area contributed by atoms with Crippen LogP contribution in [-0.4, -0.2) is 33.2 Å². The first kappa shape index (κ1) is 24.0. The molecule has 1 aromatic heterocycles. The van der Waals surface area contributed by atoms with Crippen molar-refractivity contribution in [3.63, 3.8) is 0 Å². The van der Waals surface area contributed by atoms with Gasteiger partial charge < -0.3 is 10.1 Å². The van der Waals surface area contributed by atoms with Crippen molar-refractivity contribution in [1.82, 2.24) is 9.55 Å². The molecule has 0 saturated carbocycles. The molecule has 0 radical (unpaired) electrons. The SMILES string of the molecule is CCc1ccc(-n2c(SCC(=O)Nc3ccc([N+](=O)[O-])cc3OC)nc3ccccc3c2=O)cc1. The summed E-state index contributed by atoms with van der Waals surface area (Å²) in [6.45, 7) is 2.05. The van der Waals surface area contributed by atoms with Crippen molar-refractivity contribution in [1.29, 1.82) is 0 Å². The van der Waals surface area contributed by atoms with Crippen LogP contribution in [0, 0.1) is 10.1 Å². The highest BCUT2D eigenvalue weighted by molar-refractivity contribution is 7.99. The van der Waals surface area contributed by atoms with Gasteiger partial charge in [-0.2, -0.15) is 0 Å². The predicted molar refractivity (Wildman–Crippen MR) is 136 cm³/mol. The molecule has 0 aliphatic heterocycles. The number of ether oxygens (including phenoxy) is 1. The summed E-state index contributed by atoms with van der Waals surface area (Å²) in [6, 6.07) is 18.7. The van der Waals surface area contributed by atoms with E-state index in [1.54, 1.807) is 24.3 Å². The Morgan fingerprint density at radius 1 is 1.14 bits per heavy atom. The molecule has 9 nitrogen and oxygen atoms in total. The Kier molecular flexibility index (Phi) is 7.11. The molecule has 1 heterocycles. The molecule has 0 fully saturated rings. The van der Waals surface area contributed by atoms with Gasteiger partial charge in [-0.1, -0.05) is 43.0 Å². The number of thioether (sulfide) groups is 1. The van der Waals surface area contributed by atoms with Crippen LogP contribution in [0.5, 0.6) is 5.75 Å². The van der Waals surface area contributed by atoms with Crippen LogP contribution in [-0.2, 0) is 11.2 Å². The maximum absolute atomic E-state index is 13.3. The van der Waals surface area contributed by atoms with Crippen LogP contribution >= 0.6 is 11.8 Å². The lowest BCUT2D eigenvalue weighted by molar-refractivity contribution is -0.384. The van der Waals surface area contributed by atoms with E-state index < -0.39 is 4.92 Å². The van der Waals surface area contributed by atoms with Crippen molar-refractivity contribution in [3.8, 4) is 11.4 Å². The fourth-order valence-corrected chi connectivity index (χ4v) is 4.34. The Hall–Kier alpha value is -4.18. The van der Waals surface area contributed by atoms with Crippen molar-refractivity contribution in [2.45, 2.75) is 18.5 Å². The van der Waals surface area contributed by atoms with Crippen molar-refractivity contribution < 1.29 is 14.5 Å². The molecule has 10 heteroatoms. The van der Waals surface area contributed by atoms with Crippen LogP contribution in [0.2, 0.25) is 0 Å². The molecule has 3 aromatic carbocycles. The molecular formula is C25H22N4O5S. The van der Waals surface area contributed by atoms with Gasteiger partial charge in [-0.25, -0.2) is 4.98 Å². The number of fused-ring (bicyclic) bond motifs is 1. The second-order valence-electron chi connectivity index (χ2n) is 7.55. The minimum Gasteiger partial charge on any atom is -0.494 e. The fraction of sp³-hybridized carbons (Fsp3) is 0.160. The minimum atomic E-state index is -0.540. The Morgan fingerprint density at radius 3 is 2.57 bits per heavy atom. The molecule has 178 valence electrons. The van der Waals surface area contributed by atoms with Crippen LogP contribution in [0.3, 0.4) is 0 Å². The molecule has 0 atom stereocenters. The highest BCUT2D eigenvalue weighted by atomic mass is 32.2. The normalized spacial score (nSPS) is 10.8. The van der Waals surface area contributed by atoms with Gasteiger partial charge in [-0.15, -0.1) is 0 Å². The average molecular weight is 491 g/mol. The number of aromatic nitrogens is 2. The van der Waals surface area contributed by atoms with Crippen LogP contribution in [0.15, 0.2) is 76.7 Å². The number of methoxy groups -OCH3 is 1. The van der Waals surface area contributed by atoms with Crippen LogP contribution in [0.4, 0.5) is 11.4 Å². The van der Waals surface area contributed by atoms with Gasteiger partial charge in [0.2, 0.25) is 5.91 Å². The predicted octanol–water partition coefficient (Wildman–Crippen LogP) is 4.60. The molecule has 0 bridgehead atoms. The number of amides is 1. The van der Waals surface area contributed by atoms with Crippen LogP contribution in [0.1, 0.15) is 12.5 Å². The number of nitro benzene ring substituents is 1. The van der Waals surface area contributed by atoms with E-state index in [-0.39, 0.29) is 28.7 Å². The number of nitrogens with zero attached hydrogens (tertiary/aromatic N) is 3. The first-order valence-corrected chi connectivity index (χ1v) is 11.8. The number of carbonyl (C=O) groups is 1. The molecular weight excluding hydrogens is 468 g/mol. The number of benzene rings is 3. The van der Waals surface area contributed by atoms with E-state index in [0.29, 0.717) is 27.4 Å². The molecule has 4 aromatic rings. The summed E-state index contributed by atoms with van der Waals surface area (Å²) in [7, 11) is 1.37. The Balaban J connectivity index is 1.63. The third kappa shape index (κ3) is 5.17. The summed E-state index contributed by atoms with van der Waals surface area (Å²) < 4.78 is 6.68. The Morgan fingerprint density at radius 2 is 1.89 bits per heavy atom. The lowest BCUT2D eigenvalue weighted by atomic mass is 10.1. The van der Waals surface area contributed by atoms with Crippen LogP contribution < -0.4 is 15.6 Å². The smallest absolute Gasteiger partial charge is 0.273 e. The molecule has 1 N–H and O–H groups in total. The van der Waals surface area contributed by atoms with Gasteiger partial charge in [-0.3, -0.25) is 24.3 Å². The Bertz CT molecular complexity index is 1470. The third-order valence-corrected chi connectivity index (χ3v) is 6.29. The van der Waals surface area contributed by atoms with E-state index in [1.807, 2.05) is 24.3 Å². The van der Waals surface area contributed by atoms with Crippen molar-refractivity contribution in [2.24, 2.45) is 0 Å². The van der Waals surface area contributed by atoms with E-state index in [2.05, 4.69) is 17.2 Å². The van der Waals surface area contributed by atoms with Gasteiger partial charge in [0.25, 0.3) is 11.2 Å². The quantitative estimate of drug-likeness (QED) is 0.166. The Labute approximate surface area is 204 Å². The third-order valence-electron chi connectivity index (χ3n) is 5.35. The zero-order valence-electron chi connectivity index (χ0n) is 19.1. The zero-order chi connectivity index (χ0) is 24.9. The van der Waals surface area contributed by atoms with E-state index in [9.17, 15) is 19.7 Å². The molecule has 0 unspecified atom stereocenters. The largest absolute Gasteiger partial charge is 0.494 e. The fourth-order valence-electron chi connectivity index (χ4n) is 3.53. The molecule has 35 heavy (non-hydrogen) atoms. The van der Waals surface area contributed by atoms with Gasteiger partial charge in [0.1, 0.15) is 5.75 Å². The number of nitro groups is 1. The zero-order valence-corrected chi connectivity index (χ0v) is 19.9. The summed E-state index contributed by atoms with van der Waals surface area (Å²) in [5.41, 5.74) is 2.28. The number of aryl methyl sites for hydroxylation is 1. The number of nitrogens with one attached hydrogen (secondary N) is 1. The number of hydrogen-bond donors (Lipinski definition) is 1. The van der Waals surface area contributed by atoms with Gasteiger partial charge in [0.05, 0.1) is 46.1 Å². The molecule has 0 aliphatic rings. The number of carbonyl (C=O) groups excluding carboxylic acids is 1. The first-order chi connectivity index (χ1) is 16.9. The monoisotopic (exact) mass is 490 g/mol. The van der Waals surface area contributed by atoms with E-state index in [0.717, 1.165) is 23.7 Å². The molecule has 4 rings (SSSR count). The van der Waals surface area contributed by atoms with Crippen molar-refractivity contribution >= 4 is 39.9 Å². The lowest BCUT2D eigenvalue weighted by Gasteiger charge is -2.14. The van der Waals surface area contributed by atoms with Gasteiger partial charge >= 0.3 is 0 Å². The van der Waals surface area contributed by atoms with Gasteiger partial charge in [-0.05, 0) is 42.3 Å². The maximum atomic E-state index is 13.3. The molecule has 1 amide bonds. The molecule has 0 aliphatic carbocycles. The second-order valence-corrected chi connectivity index (χ2v) is 8.49. The second kappa shape index (κ2) is 10.4. The van der Waals surface area contributed by atoms with Gasteiger partial charge in [0.15, 0.2) is 5.16 Å². The average Bonchev–Trinajstić information content (AvgIpc) is 2.88. The lowest BCUT2D eigenvalue weighted by Crippen LogP contribution is -2.23. The number of non-ortho nitro benzene ring substituents is 1. The maximum Gasteiger partial charge on any atom is 0.273 e. The summed E-state index contributed by atoms with van der Waals surface area (Å²) in [4.78, 5) is 41.2. The molecule has 0 spiro atoms. The van der Waals surface area contributed by atoms with Crippen molar-refractivity contribution in [2.75, 3.05) is 18.2 Å². The van der Waals surface area contributed by atoms with Crippen molar-refractivity contribution in [3.05, 3.63) is 92.8 Å². The van der Waals surface area contributed by atoms with E-state index in [4.69, 9.17) is 4.74 Å². The summed E-state index contributed by atoms with van der Waals surface area (Å²) in [5, 5.41) is 14.6. The minimum absolute atomic E-state index is 0.0437. The van der Waals surface area contributed by atoms with E-state index in [1.165, 1.54) is 29.9 Å². The number of para-hydroxylation sites is 1. The first-order valence-electron chi connectivity index (χ1n) is 10.8. The van der Waals surface area contributed by atoms with E-state index >= 15 is 0 Å². The summed E-state index contributed by atoms with van der Waals surface area (Å²) in [5.74, 6) is -0.246.